The van der Waals surface area contributed by atoms with Gasteiger partial charge >= 0.3 is 0 Å². The molecule has 2 unspecified atom stereocenters. The quantitative estimate of drug-likeness (QED) is 0.569. The highest BCUT2D eigenvalue weighted by Gasteiger charge is 2.16. The van der Waals surface area contributed by atoms with Gasteiger partial charge in [-0.2, -0.15) is 0 Å². The predicted molar refractivity (Wildman–Crippen MR) is 64.1 cm³/mol. The van der Waals surface area contributed by atoms with E-state index in [9.17, 15) is 0 Å². The largest absolute Gasteiger partial charge is 0.496 e. The number of methoxy groups -OCH3 is 2. The number of benzene rings is 1. The second-order valence-electron chi connectivity index (χ2n) is 3.74. The normalized spacial score (nSPS) is 14.5. The number of hydrazine groups is 1. The van der Waals surface area contributed by atoms with Gasteiger partial charge in [-0.25, -0.2) is 0 Å². The maximum Gasteiger partial charge on any atom is 0.123 e. The van der Waals surface area contributed by atoms with Gasteiger partial charge in [0.15, 0.2) is 0 Å². The van der Waals surface area contributed by atoms with E-state index in [1.54, 1.807) is 14.2 Å². The smallest absolute Gasteiger partial charge is 0.123 e. The zero-order chi connectivity index (χ0) is 12.0. The fourth-order valence-corrected chi connectivity index (χ4v) is 1.67. The molecule has 0 saturated heterocycles. The van der Waals surface area contributed by atoms with E-state index < -0.39 is 0 Å². The van der Waals surface area contributed by atoms with Crippen molar-refractivity contribution in [2.75, 3.05) is 14.2 Å². The summed E-state index contributed by atoms with van der Waals surface area (Å²) in [6, 6.07) is 7.88. The molecular formula is C12H20N2O2. The number of rotatable bonds is 6. The van der Waals surface area contributed by atoms with Crippen LogP contribution >= 0.6 is 0 Å². The van der Waals surface area contributed by atoms with E-state index in [1.807, 2.05) is 31.2 Å². The molecule has 90 valence electrons. The van der Waals surface area contributed by atoms with E-state index in [0.29, 0.717) is 0 Å². The highest BCUT2D eigenvalue weighted by atomic mass is 16.5. The molecule has 16 heavy (non-hydrogen) atoms. The van der Waals surface area contributed by atoms with E-state index in [1.165, 1.54) is 0 Å². The van der Waals surface area contributed by atoms with Crippen LogP contribution in [0.25, 0.3) is 0 Å². The van der Waals surface area contributed by atoms with Crippen molar-refractivity contribution >= 4 is 0 Å². The second-order valence-corrected chi connectivity index (χ2v) is 3.74. The van der Waals surface area contributed by atoms with Crippen molar-refractivity contribution < 1.29 is 9.47 Å². The minimum absolute atomic E-state index is 0.0334. The molecule has 0 bridgehead atoms. The molecule has 3 N–H and O–H groups in total. The maximum atomic E-state index is 5.57. The summed E-state index contributed by atoms with van der Waals surface area (Å²) >= 11 is 0. The first-order valence-corrected chi connectivity index (χ1v) is 5.34. The van der Waals surface area contributed by atoms with Crippen molar-refractivity contribution in [3.8, 4) is 5.75 Å². The maximum absolute atomic E-state index is 5.57. The number of nitrogens with one attached hydrogen (secondary N) is 1. The van der Waals surface area contributed by atoms with E-state index >= 15 is 0 Å². The zero-order valence-electron chi connectivity index (χ0n) is 10.1. The van der Waals surface area contributed by atoms with Crippen LogP contribution in [0.5, 0.6) is 5.75 Å². The van der Waals surface area contributed by atoms with Gasteiger partial charge in [-0.05, 0) is 19.4 Å². The summed E-state index contributed by atoms with van der Waals surface area (Å²) in [5, 5.41) is 0. The van der Waals surface area contributed by atoms with E-state index in [0.717, 1.165) is 17.7 Å². The number of ether oxygens (including phenoxy) is 2. The molecule has 2 atom stereocenters. The minimum Gasteiger partial charge on any atom is -0.496 e. The van der Waals surface area contributed by atoms with Crippen molar-refractivity contribution in [3.63, 3.8) is 0 Å². The van der Waals surface area contributed by atoms with Gasteiger partial charge in [0.05, 0.1) is 19.3 Å². The SMILES string of the molecule is COc1ccccc1C(CC(C)OC)NN. The summed E-state index contributed by atoms with van der Waals surface area (Å²) in [6.07, 6.45) is 0.943. The third-order valence-electron chi connectivity index (χ3n) is 2.69. The molecule has 4 nitrogen and oxygen atoms in total. The van der Waals surface area contributed by atoms with E-state index in [2.05, 4.69) is 5.43 Å². The monoisotopic (exact) mass is 224 g/mol. The van der Waals surface area contributed by atoms with Gasteiger partial charge in [-0.15, -0.1) is 0 Å². The first-order valence-electron chi connectivity index (χ1n) is 5.34. The van der Waals surface area contributed by atoms with Crippen molar-refractivity contribution in [1.29, 1.82) is 0 Å². The lowest BCUT2D eigenvalue weighted by Crippen LogP contribution is -2.31. The molecular weight excluding hydrogens is 204 g/mol. The molecule has 1 aromatic carbocycles. The lowest BCUT2D eigenvalue weighted by Gasteiger charge is -2.21. The first-order chi connectivity index (χ1) is 7.72. The molecule has 0 heterocycles. The number of nitrogens with two attached hydrogens (primary N) is 1. The summed E-state index contributed by atoms with van der Waals surface area (Å²) in [6.45, 7) is 2.01. The Morgan fingerprint density at radius 2 is 2.00 bits per heavy atom. The Kier molecular flexibility index (Phi) is 5.25. The Hall–Kier alpha value is -1.10. The van der Waals surface area contributed by atoms with Crippen LogP contribution in [-0.4, -0.2) is 20.3 Å². The van der Waals surface area contributed by atoms with Crippen LogP contribution in [0, 0.1) is 0 Å². The number of hydrogen-bond donors (Lipinski definition) is 2. The first kappa shape index (κ1) is 13.0. The van der Waals surface area contributed by atoms with Crippen LogP contribution in [0.2, 0.25) is 0 Å². The van der Waals surface area contributed by atoms with E-state index in [-0.39, 0.29) is 12.1 Å². The molecule has 0 aliphatic rings. The molecule has 0 aliphatic heterocycles. The molecule has 1 rings (SSSR count). The molecule has 0 aromatic heterocycles. The van der Waals surface area contributed by atoms with Crippen LogP contribution in [-0.2, 0) is 4.74 Å². The van der Waals surface area contributed by atoms with Crippen LogP contribution in [0.3, 0.4) is 0 Å². The molecule has 0 spiro atoms. The number of hydrogen-bond acceptors (Lipinski definition) is 4. The van der Waals surface area contributed by atoms with Crippen LogP contribution in [0.4, 0.5) is 0 Å². The van der Waals surface area contributed by atoms with Crippen LogP contribution in [0.15, 0.2) is 24.3 Å². The van der Waals surface area contributed by atoms with Gasteiger partial charge in [0.2, 0.25) is 0 Å². The van der Waals surface area contributed by atoms with Gasteiger partial charge < -0.3 is 9.47 Å². The van der Waals surface area contributed by atoms with Crippen LogP contribution in [0.1, 0.15) is 24.9 Å². The van der Waals surface area contributed by atoms with Gasteiger partial charge in [-0.1, -0.05) is 18.2 Å². The van der Waals surface area contributed by atoms with Gasteiger partial charge in [0.1, 0.15) is 5.75 Å². The molecule has 4 heteroatoms. The molecule has 0 radical (unpaired) electrons. The third-order valence-corrected chi connectivity index (χ3v) is 2.69. The predicted octanol–water partition coefficient (Wildman–Crippen LogP) is 1.62. The van der Waals surface area contributed by atoms with Crippen molar-refractivity contribution in [1.82, 2.24) is 5.43 Å². The van der Waals surface area contributed by atoms with Gasteiger partial charge in [-0.3, -0.25) is 11.3 Å². The third kappa shape index (κ3) is 3.20. The zero-order valence-corrected chi connectivity index (χ0v) is 10.1. The Labute approximate surface area is 96.7 Å². The standard InChI is InChI=1S/C12H20N2O2/c1-9(15-2)8-11(14-13)10-6-4-5-7-12(10)16-3/h4-7,9,11,14H,8,13H2,1-3H3. The summed E-state index contributed by atoms with van der Waals surface area (Å²) in [5.41, 5.74) is 3.85. The summed E-state index contributed by atoms with van der Waals surface area (Å²) in [7, 11) is 3.35. The summed E-state index contributed by atoms with van der Waals surface area (Å²) < 4.78 is 10.5. The lowest BCUT2D eigenvalue weighted by molar-refractivity contribution is 0.100. The molecule has 0 fully saturated rings. The molecule has 1 aromatic rings. The Bertz CT molecular complexity index is 318. The average molecular weight is 224 g/mol. The van der Waals surface area contributed by atoms with Crippen molar-refractivity contribution in [2.45, 2.75) is 25.5 Å². The van der Waals surface area contributed by atoms with E-state index in [4.69, 9.17) is 15.3 Å². The van der Waals surface area contributed by atoms with Crippen LogP contribution < -0.4 is 16.0 Å². The molecule has 0 aliphatic carbocycles. The highest BCUT2D eigenvalue weighted by molar-refractivity contribution is 5.35. The Morgan fingerprint density at radius 1 is 1.31 bits per heavy atom. The topological polar surface area (TPSA) is 56.5 Å². The van der Waals surface area contributed by atoms with Crippen molar-refractivity contribution in [2.24, 2.45) is 5.84 Å². The molecule has 0 saturated carbocycles. The average Bonchev–Trinajstić information content (AvgIpc) is 2.35. The van der Waals surface area contributed by atoms with Gasteiger partial charge in [0, 0.05) is 12.7 Å². The minimum atomic E-state index is 0.0334. The lowest BCUT2D eigenvalue weighted by atomic mass is 10.0. The Morgan fingerprint density at radius 3 is 2.56 bits per heavy atom. The fraction of sp³-hybridized carbons (Fsp3) is 0.500. The van der Waals surface area contributed by atoms with Gasteiger partial charge in [0.25, 0.3) is 0 Å². The second kappa shape index (κ2) is 6.48. The van der Waals surface area contributed by atoms with Crippen molar-refractivity contribution in [3.05, 3.63) is 29.8 Å². The molecule has 0 amide bonds. The Balaban J connectivity index is 2.85. The number of para-hydroxylation sites is 1. The summed E-state index contributed by atoms with van der Waals surface area (Å²) in [5.74, 6) is 6.41. The highest BCUT2D eigenvalue weighted by Crippen LogP contribution is 2.27. The summed E-state index contributed by atoms with van der Waals surface area (Å²) in [4.78, 5) is 0. The fourth-order valence-electron chi connectivity index (χ4n) is 1.67.